The van der Waals surface area contributed by atoms with Gasteiger partial charge in [0.05, 0.1) is 34.7 Å². The number of para-hydroxylation sites is 3. The molecule has 9 nitrogen and oxygen atoms in total. The molecule has 0 amide bonds. The number of hydrogen-bond donors (Lipinski definition) is 1. The van der Waals surface area contributed by atoms with E-state index < -0.39 is 0 Å². The predicted octanol–water partition coefficient (Wildman–Crippen LogP) is 2.93. The molecular weight excluding hydrogens is 420 g/mol. The van der Waals surface area contributed by atoms with E-state index in [0.717, 1.165) is 17.2 Å². The minimum Gasteiger partial charge on any atom is -0.486 e. The van der Waals surface area contributed by atoms with Gasteiger partial charge in [0.1, 0.15) is 6.61 Å². The number of rotatable bonds is 4. The van der Waals surface area contributed by atoms with Gasteiger partial charge in [-0.15, -0.1) is 0 Å². The number of nitrogens with zero attached hydrogens (tertiary/aromatic N) is 5. The number of pyridine rings is 1. The lowest BCUT2D eigenvalue weighted by Gasteiger charge is -2.29. The Hall–Kier alpha value is -4.40. The van der Waals surface area contributed by atoms with E-state index in [1.165, 1.54) is 6.20 Å². The molecule has 0 saturated carbocycles. The zero-order valence-electron chi connectivity index (χ0n) is 17.8. The number of likely N-dealkylation sites (N-methyl/N-ethyl adjacent to an activating group) is 1. The highest BCUT2D eigenvalue weighted by Crippen LogP contribution is 2.31. The van der Waals surface area contributed by atoms with Crippen LogP contribution in [0.4, 0.5) is 5.95 Å². The minimum absolute atomic E-state index is 0.185. The molecule has 9 heteroatoms. The zero-order valence-corrected chi connectivity index (χ0v) is 17.8. The van der Waals surface area contributed by atoms with Crippen LogP contribution in [0.15, 0.2) is 71.8 Å². The monoisotopic (exact) mass is 440 g/mol. The van der Waals surface area contributed by atoms with E-state index in [9.17, 15) is 4.79 Å². The number of nitrogens with one attached hydrogen (secondary N) is 1. The van der Waals surface area contributed by atoms with E-state index in [2.05, 4.69) is 15.2 Å². The van der Waals surface area contributed by atoms with Crippen LogP contribution in [-0.4, -0.2) is 51.0 Å². The van der Waals surface area contributed by atoms with Crippen LogP contribution in [0.2, 0.25) is 0 Å². The molecule has 0 radical (unpaired) electrons. The molecule has 1 N–H and O–H groups in total. The average molecular weight is 440 g/mol. The standard InChI is InChI=1S/C24H20N6O3/c1-29(13-16-14-32-19-9-5-6-10-20(19)33-16)24-25-11-17-21-18(12-26-28-21)23(31)30(22(17)27-24)15-7-3-2-4-8-15/h2-12,16H,13-14H2,1H3,(H,26,28)/t16-/m0/s1. The van der Waals surface area contributed by atoms with Gasteiger partial charge in [0, 0.05) is 13.2 Å². The van der Waals surface area contributed by atoms with Crippen LogP contribution in [0, 0.1) is 0 Å². The Labute approximate surface area is 188 Å². The van der Waals surface area contributed by atoms with Crippen LogP contribution < -0.4 is 19.9 Å². The number of aromatic nitrogens is 5. The maximum Gasteiger partial charge on any atom is 0.267 e. The predicted molar refractivity (Wildman–Crippen MR) is 124 cm³/mol. The van der Waals surface area contributed by atoms with Gasteiger partial charge in [0.2, 0.25) is 5.95 Å². The van der Waals surface area contributed by atoms with Crippen molar-refractivity contribution < 1.29 is 9.47 Å². The Kier molecular flexibility index (Phi) is 4.46. The van der Waals surface area contributed by atoms with Gasteiger partial charge in [-0.1, -0.05) is 30.3 Å². The van der Waals surface area contributed by atoms with Crippen molar-refractivity contribution in [1.29, 1.82) is 0 Å². The van der Waals surface area contributed by atoms with Crippen LogP contribution in [0.1, 0.15) is 0 Å². The summed E-state index contributed by atoms with van der Waals surface area (Å²) < 4.78 is 13.5. The smallest absolute Gasteiger partial charge is 0.267 e. The first kappa shape index (κ1) is 19.3. The van der Waals surface area contributed by atoms with Gasteiger partial charge in [-0.25, -0.2) is 4.98 Å². The van der Waals surface area contributed by atoms with Gasteiger partial charge in [0.15, 0.2) is 23.3 Å². The molecule has 0 spiro atoms. The second-order valence-corrected chi connectivity index (χ2v) is 7.92. The van der Waals surface area contributed by atoms with Gasteiger partial charge < -0.3 is 14.4 Å². The largest absolute Gasteiger partial charge is 0.486 e. The summed E-state index contributed by atoms with van der Waals surface area (Å²) in [4.78, 5) is 24.6. The number of benzene rings is 2. The molecule has 4 heterocycles. The second kappa shape index (κ2) is 7.63. The Morgan fingerprint density at radius 3 is 2.70 bits per heavy atom. The summed E-state index contributed by atoms with van der Waals surface area (Å²) in [6, 6.07) is 17.1. The summed E-state index contributed by atoms with van der Waals surface area (Å²) in [6.07, 6.45) is 3.08. The highest BCUT2D eigenvalue weighted by molar-refractivity contribution is 6.02. The lowest BCUT2D eigenvalue weighted by atomic mass is 10.2. The molecule has 1 aliphatic rings. The van der Waals surface area contributed by atoms with E-state index in [0.29, 0.717) is 41.0 Å². The second-order valence-electron chi connectivity index (χ2n) is 7.92. The molecule has 3 aromatic heterocycles. The van der Waals surface area contributed by atoms with E-state index in [1.54, 1.807) is 10.8 Å². The Balaban J connectivity index is 1.41. The molecule has 0 unspecified atom stereocenters. The maximum atomic E-state index is 13.3. The lowest BCUT2D eigenvalue weighted by molar-refractivity contribution is 0.0958. The van der Waals surface area contributed by atoms with Crippen molar-refractivity contribution in [2.75, 3.05) is 25.1 Å². The summed E-state index contributed by atoms with van der Waals surface area (Å²) in [5.41, 5.74) is 1.66. The van der Waals surface area contributed by atoms with E-state index in [-0.39, 0.29) is 11.7 Å². The molecule has 1 aliphatic heterocycles. The topological polar surface area (TPSA) is 98.2 Å². The summed E-state index contributed by atoms with van der Waals surface area (Å²) in [6.45, 7) is 0.945. The molecule has 0 bridgehead atoms. The Morgan fingerprint density at radius 2 is 1.85 bits per heavy atom. The van der Waals surface area contributed by atoms with E-state index >= 15 is 0 Å². The summed E-state index contributed by atoms with van der Waals surface area (Å²) in [5, 5.41) is 8.18. The molecule has 5 aromatic rings. The molecular formula is C24H20N6O3. The molecule has 6 rings (SSSR count). The highest BCUT2D eigenvalue weighted by atomic mass is 16.6. The van der Waals surface area contributed by atoms with Crippen molar-refractivity contribution >= 4 is 27.9 Å². The third kappa shape index (κ3) is 3.25. The molecule has 2 aromatic carbocycles. The number of aromatic amines is 1. The molecule has 0 saturated heterocycles. The molecule has 0 aliphatic carbocycles. The summed E-state index contributed by atoms with van der Waals surface area (Å²) >= 11 is 0. The number of fused-ring (bicyclic) bond motifs is 4. The quantitative estimate of drug-likeness (QED) is 0.459. The van der Waals surface area contributed by atoms with Crippen molar-refractivity contribution in [3.05, 3.63) is 77.3 Å². The van der Waals surface area contributed by atoms with Crippen molar-refractivity contribution in [2.45, 2.75) is 6.10 Å². The number of ether oxygens (including phenoxy) is 2. The molecule has 1 atom stereocenters. The SMILES string of the molecule is CN(C[C@H]1COc2ccccc2O1)c1ncc2c3[nH]ncc3c(=O)n(-c3ccccc3)c2n1. The fraction of sp³-hybridized carbons (Fsp3) is 0.167. The van der Waals surface area contributed by atoms with Crippen LogP contribution in [0.3, 0.4) is 0 Å². The summed E-state index contributed by atoms with van der Waals surface area (Å²) in [5.74, 6) is 1.95. The van der Waals surface area contributed by atoms with E-state index in [4.69, 9.17) is 14.5 Å². The van der Waals surface area contributed by atoms with Crippen molar-refractivity contribution in [2.24, 2.45) is 0 Å². The van der Waals surface area contributed by atoms with Crippen LogP contribution in [-0.2, 0) is 0 Å². The van der Waals surface area contributed by atoms with Crippen LogP contribution in [0.5, 0.6) is 11.5 Å². The Bertz CT molecular complexity index is 1530. The van der Waals surface area contributed by atoms with Crippen molar-refractivity contribution in [3.8, 4) is 17.2 Å². The lowest BCUT2D eigenvalue weighted by Crippen LogP contribution is -2.40. The van der Waals surface area contributed by atoms with Gasteiger partial charge in [-0.3, -0.25) is 14.5 Å². The number of H-pyrrole nitrogens is 1. The van der Waals surface area contributed by atoms with Gasteiger partial charge in [-0.2, -0.15) is 10.1 Å². The summed E-state index contributed by atoms with van der Waals surface area (Å²) in [7, 11) is 1.89. The highest BCUT2D eigenvalue weighted by Gasteiger charge is 2.24. The first-order valence-corrected chi connectivity index (χ1v) is 10.6. The fourth-order valence-corrected chi connectivity index (χ4v) is 4.12. The number of hydrogen-bond acceptors (Lipinski definition) is 7. The van der Waals surface area contributed by atoms with E-state index in [1.807, 2.05) is 66.5 Å². The molecule has 33 heavy (non-hydrogen) atoms. The zero-order chi connectivity index (χ0) is 22.4. The first-order chi connectivity index (χ1) is 16.2. The van der Waals surface area contributed by atoms with Crippen LogP contribution in [0.25, 0.3) is 27.6 Å². The number of anilines is 1. The van der Waals surface area contributed by atoms with Gasteiger partial charge in [-0.05, 0) is 24.3 Å². The maximum absolute atomic E-state index is 13.3. The third-order valence-corrected chi connectivity index (χ3v) is 5.71. The molecule has 164 valence electrons. The van der Waals surface area contributed by atoms with Crippen molar-refractivity contribution in [3.63, 3.8) is 0 Å². The minimum atomic E-state index is -0.189. The van der Waals surface area contributed by atoms with Gasteiger partial charge >= 0.3 is 0 Å². The fourth-order valence-electron chi connectivity index (χ4n) is 4.12. The van der Waals surface area contributed by atoms with Crippen molar-refractivity contribution in [1.82, 2.24) is 24.7 Å². The van der Waals surface area contributed by atoms with Crippen LogP contribution >= 0.6 is 0 Å². The molecule has 0 fully saturated rings. The first-order valence-electron chi connectivity index (χ1n) is 10.6. The Morgan fingerprint density at radius 1 is 1.06 bits per heavy atom. The average Bonchev–Trinajstić information content (AvgIpc) is 3.35. The third-order valence-electron chi connectivity index (χ3n) is 5.71. The normalized spacial score (nSPS) is 15.1. The van der Waals surface area contributed by atoms with Gasteiger partial charge in [0.25, 0.3) is 5.56 Å².